The number of rotatable bonds is 1. The van der Waals surface area contributed by atoms with Crippen molar-refractivity contribution in [2.45, 2.75) is 6.92 Å². The second-order valence-electron chi connectivity index (χ2n) is 2.43. The van der Waals surface area contributed by atoms with Gasteiger partial charge >= 0.3 is 0 Å². The first-order valence-corrected chi connectivity index (χ1v) is 4.14. The summed E-state index contributed by atoms with van der Waals surface area (Å²) in [5, 5.41) is 3.08. The van der Waals surface area contributed by atoms with Gasteiger partial charge in [0.05, 0.1) is 0 Å². The van der Waals surface area contributed by atoms with Gasteiger partial charge in [-0.05, 0) is 19.1 Å². The summed E-state index contributed by atoms with van der Waals surface area (Å²) in [5.41, 5.74) is 0.994. The summed E-state index contributed by atoms with van der Waals surface area (Å²) >= 11 is 0. The highest BCUT2D eigenvalue weighted by atomic mass is 15.1. The molecule has 0 aliphatic carbocycles. The molecular weight excluding hydrogens is 162 g/mol. The largest absolute Gasteiger partial charge is 0.325 e. The molecular formula is C10H13N3. The van der Waals surface area contributed by atoms with Crippen LogP contribution in [0.15, 0.2) is 40.3 Å². The van der Waals surface area contributed by atoms with Crippen LogP contribution in [-0.4, -0.2) is 19.2 Å². The fourth-order valence-corrected chi connectivity index (χ4v) is 0.919. The van der Waals surface area contributed by atoms with E-state index in [1.165, 1.54) is 0 Å². The zero-order valence-corrected chi connectivity index (χ0v) is 7.86. The van der Waals surface area contributed by atoms with Crippen LogP contribution >= 0.6 is 0 Å². The molecule has 68 valence electrons. The average Bonchev–Trinajstić information content (AvgIpc) is 2.19. The van der Waals surface area contributed by atoms with E-state index in [1.807, 2.05) is 37.3 Å². The third-order valence-corrected chi connectivity index (χ3v) is 1.49. The standard InChI is InChI=1S/C10H13N3/c1-3-12-10(11-2)13-9-7-5-4-6-8-9/h3-8H,1-2H3,(H,11,13)/b12-3-. The SMILES string of the molecule is C/C=N\C(=NC)Nc1ccccc1. The molecule has 0 aromatic heterocycles. The Morgan fingerprint density at radius 1 is 1.31 bits per heavy atom. The van der Waals surface area contributed by atoms with Gasteiger partial charge in [-0.2, -0.15) is 0 Å². The van der Waals surface area contributed by atoms with Gasteiger partial charge in [-0.15, -0.1) is 0 Å². The van der Waals surface area contributed by atoms with E-state index in [4.69, 9.17) is 0 Å². The van der Waals surface area contributed by atoms with Crippen molar-refractivity contribution in [2.24, 2.45) is 9.98 Å². The van der Waals surface area contributed by atoms with Gasteiger partial charge in [0.2, 0.25) is 5.96 Å². The molecule has 0 bridgehead atoms. The normalized spacial score (nSPS) is 12.0. The third-order valence-electron chi connectivity index (χ3n) is 1.49. The first-order chi connectivity index (χ1) is 6.36. The molecule has 0 fully saturated rings. The molecule has 3 nitrogen and oxygen atoms in total. The minimum atomic E-state index is 0.619. The molecule has 0 heterocycles. The number of anilines is 1. The summed E-state index contributed by atoms with van der Waals surface area (Å²) < 4.78 is 0. The quantitative estimate of drug-likeness (QED) is 0.515. The summed E-state index contributed by atoms with van der Waals surface area (Å²) in [6.45, 7) is 1.86. The predicted octanol–water partition coefficient (Wildman–Crippen LogP) is 2.17. The average molecular weight is 175 g/mol. The highest BCUT2D eigenvalue weighted by Gasteiger charge is 1.93. The van der Waals surface area contributed by atoms with Crippen LogP contribution in [0.1, 0.15) is 6.92 Å². The van der Waals surface area contributed by atoms with E-state index in [0.29, 0.717) is 5.96 Å². The van der Waals surface area contributed by atoms with Crippen molar-refractivity contribution >= 4 is 17.9 Å². The molecule has 0 atom stereocenters. The molecule has 0 unspecified atom stereocenters. The maximum atomic E-state index is 4.05. The Kier molecular flexibility index (Phi) is 3.70. The Bertz CT molecular complexity index is 301. The maximum Gasteiger partial charge on any atom is 0.221 e. The van der Waals surface area contributed by atoms with Gasteiger partial charge in [0.1, 0.15) is 0 Å². The van der Waals surface area contributed by atoms with Crippen LogP contribution in [0.2, 0.25) is 0 Å². The number of para-hydroxylation sites is 1. The fourth-order valence-electron chi connectivity index (χ4n) is 0.919. The predicted molar refractivity (Wildman–Crippen MR) is 57.6 cm³/mol. The summed E-state index contributed by atoms with van der Waals surface area (Å²) in [7, 11) is 1.71. The number of aliphatic imine (C=N–C) groups is 2. The van der Waals surface area contributed by atoms with E-state index in [2.05, 4.69) is 15.3 Å². The van der Waals surface area contributed by atoms with E-state index in [0.717, 1.165) is 5.69 Å². The van der Waals surface area contributed by atoms with Gasteiger partial charge in [-0.25, -0.2) is 4.99 Å². The van der Waals surface area contributed by atoms with Gasteiger partial charge < -0.3 is 5.32 Å². The lowest BCUT2D eigenvalue weighted by atomic mass is 10.3. The van der Waals surface area contributed by atoms with Gasteiger partial charge in [-0.3, -0.25) is 4.99 Å². The summed E-state index contributed by atoms with van der Waals surface area (Å²) in [5.74, 6) is 0.619. The lowest BCUT2D eigenvalue weighted by Gasteiger charge is -2.03. The molecule has 1 aromatic carbocycles. The Morgan fingerprint density at radius 3 is 2.54 bits per heavy atom. The molecule has 0 aliphatic rings. The lowest BCUT2D eigenvalue weighted by Crippen LogP contribution is -2.08. The van der Waals surface area contributed by atoms with Crippen LogP contribution in [0.5, 0.6) is 0 Å². The molecule has 1 rings (SSSR count). The van der Waals surface area contributed by atoms with Crippen molar-refractivity contribution < 1.29 is 0 Å². The molecule has 0 saturated heterocycles. The molecule has 0 saturated carbocycles. The Labute approximate surface area is 78.2 Å². The van der Waals surface area contributed by atoms with Gasteiger partial charge in [0.15, 0.2) is 0 Å². The van der Waals surface area contributed by atoms with Crippen LogP contribution in [0.25, 0.3) is 0 Å². The Morgan fingerprint density at radius 2 is 2.00 bits per heavy atom. The molecule has 0 spiro atoms. The number of nitrogens with zero attached hydrogens (tertiary/aromatic N) is 2. The highest BCUT2D eigenvalue weighted by molar-refractivity contribution is 5.97. The smallest absolute Gasteiger partial charge is 0.221 e. The van der Waals surface area contributed by atoms with Crippen molar-refractivity contribution in [3.8, 4) is 0 Å². The zero-order chi connectivity index (χ0) is 9.52. The van der Waals surface area contributed by atoms with E-state index >= 15 is 0 Å². The zero-order valence-electron chi connectivity index (χ0n) is 7.86. The molecule has 0 radical (unpaired) electrons. The van der Waals surface area contributed by atoms with Crippen LogP contribution in [0.4, 0.5) is 5.69 Å². The lowest BCUT2D eigenvalue weighted by molar-refractivity contribution is 1.38. The number of hydrogen-bond donors (Lipinski definition) is 1. The van der Waals surface area contributed by atoms with Gasteiger partial charge in [-0.1, -0.05) is 18.2 Å². The Hall–Kier alpha value is -1.64. The van der Waals surface area contributed by atoms with E-state index in [-0.39, 0.29) is 0 Å². The highest BCUT2D eigenvalue weighted by Crippen LogP contribution is 2.04. The second-order valence-corrected chi connectivity index (χ2v) is 2.43. The molecule has 1 N–H and O–H groups in total. The van der Waals surface area contributed by atoms with Crippen molar-refractivity contribution in [3.05, 3.63) is 30.3 Å². The fraction of sp³-hybridized carbons (Fsp3) is 0.200. The molecule has 0 amide bonds. The van der Waals surface area contributed by atoms with Crippen molar-refractivity contribution in [3.63, 3.8) is 0 Å². The number of nitrogens with one attached hydrogen (secondary N) is 1. The summed E-state index contributed by atoms with van der Waals surface area (Å²) in [4.78, 5) is 8.03. The maximum absolute atomic E-state index is 4.05. The number of hydrogen-bond acceptors (Lipinski definition) is 1. The Balaban J connectivity index is 2.68. The van der Waals surface area contributed by atoms with Crippen LogP contribution < -0.4 is 5.32 Å². The monoisotopic (exact) mass is 175 g/mol. The molecule has 13 heavy (non-hydrogen) atoms. The van der Waals surface area contributed by atoms with Crippen LogP contribution in [0, 0.1) is 0 Å². The van der Waals surface area contributed by atoms with E-state index in [1.54, 1.807) is 13.3 Å². The number of guanidine groups is 1. The van der Waals surface area contributed by atoms with Crippen molar-refractivity contribution in [1.82, 2.24) is 0 Å². The topological polar surface area (TPSA) is 36.8 Å². The van der Waals surface area contributed by atoms with E-state index in [9.17, 15) is 0 Å². The molecule has 3 heteroatoms. The number of benzene rings is 1. The van der Waals surface area contributed by atoms with Crippen LogP contribution in [0.3, 0.4) is 0 Å². The van der Waals surface area contributed by atoms with E-state index < -0.39 is 0 Å². The molecule has 1 aromatic rings. The summed E-state index contributed by atoms with van der Waals surface area (Å²) in [6, 6.07) is 9.83. The van der Waals surface area contributed by atoms with Crippen LogP contribution in [-0.2, 0) is 0 Å². The van der Waals surface area contributed by atoms with Crippen molar-refractivity contribution in [2.75, 3.05) is 12.4 Å². The first kappa shape index (κ1) is 9.45. The second kappa shape index (κ2) is 5.09. The van der Waals surface area contributed by atoms with Gasteiger partial charge in [0, 0.05) is 18.9 Å². The van der Waals surface area contributed by atoms with Crippen molar-refractivity contribution in [1.29, 1.82) is 0 Å². The minimum absolute atomic E-state index is 0.619. The van der Waals surface area contributed by atoms with Gasteiger partial charge in [0.25, 0.3) is 0 Å². The third kappa shape index (κ3) is 3.07. The first-order valence-electron chi connectivity index (χ1n) is 4.14. The molecule has 0 aliphatic heterocycles. The minimum Gasteiger partial charge on any atom is -0.325 e. The summed E-state index contributed by atoms with van der Waals surface area (Å²) in [6.07, 6.45) is 1.71.